The van der Waals surface area contributed by atoms with Gasteiger partial charge in [0, 0.05) is 23.8 Å². The summed E-state index contributed by atoms with van der Waals surface area (Å²) in [6.45, 7) is 1.93. The number of nitrogens with zero attached hydrogens (tertiary/aromatic N) is 1. The molecule has 1 aliphatic rings. The van der Waals surface area contributed by atoms with Gasteiger partial charge in [-0.3, -0.25) is 9.59 Å². The van der Waals surface area contributed by atoms with Crippen molar-refractivity contribution in [2.24, 2.45) is 0 Å². The summed E-state index contributed by atoms with van der Waals surface area (Å²) in [6, 6.07) is 9.98. The van der Waals surface area contributed by atoms with Crippen molar-refractivity contribution in [3.8, 4) is 0 Å². The van der Waals surface area contributed by atoms with Crippen molar-refractivity contribution in [1.82, 2.24) is 9.88 Å². The third kappa shape index (κ3) is 4.03. The molecule has 1 saturated heterocycles. The Morgan fingerprint density at radius 1 is 1.33 bits per heavy atom. The molecule has 126 valence electrons. The molecule has 2 heterocycles. The molecule has 2 N–H and O–H groups in total. The van der Waals surface area contributed by atoms with Gasteiger partial charge in [0.2, 0.25) is 5.91 Å². The van der Waals surface area contributed by atoms with E-state index in [1.807, 2.05) is 18.2 Å². The molecule has 0 saturated carbocycles. The number of amides is 1. The fraction of sp³-hybridized carbons (Fsp3) is 0.294. The fourth-order valence-corrected chi connectivity index (χ4v) is 2.70. The number of anilines is 1. The maximum absolute atomic E-state index is 12.2. The lowest BCUT2D eigenvalue weighted by Gasteiger charge is -2.23. The van der Waals surface area contributed by atoms with E-state index in [4.69, 9.17) is 16.3 Å². The Hall–Kier alpha value is -2.15. The van der Waals surface area contributed by atoms with Crippen LogP contribution < -0.4 is 16.2 Å². The number of ether oxygens (including phenoxy) is 1. The normalized spacial score (nSPS) is 17.5. The number of nitrogens with one attached hydrogen (secondary N) is 2. The van der Waals surface area contributed by atoms with Gasteiger partial charge >= 0.3 is 0 Å². The van der Waals surface area contributed by atoms with E-state index in [1.54, 1.807) is 18.3 Å². The highest BCUT2D eigenvalue weighted by Gasteiger charge is 2.21. The molecular formula is C17H18ClN3O3. The molecule has 0 bridgehead atoms. The Morgan fingerprint density at radius 3 is 2.92 bits per heavy atom. The zero-order chi connectivity index (χ0) is 16.9. The van der Waals surface area contributed by atoms with Gasteiger partial charge in [-0.1, -0.05) is 29.8 Å². The van der Waals surface area contributed by atoms with Gasteiger partial charge < -0.3 is 19.9 Å². The van der Waals surface area contributed by atoms with Crippen LogP contribution in [-0.4, -0.2) is 36.3 Å². The molecule has 1 fully saturated rings. The molecule has 1 amide bonds. The first-order valence-corrected chi connectivity index (χ1v) is 8.07. The molecule has 1 aromatic heterocycles. The summed E-state index contributed by atoms with van der Waals surface area (Å²) < 4.78 is 6.80. The summed E-state index contributed by atoms with van der Waals surface area (Å²) in [7, 11) is 0. The quantitative estimate of drug-likeness (QED) is 0.878. The highest BCUT2D eigenvalue weighted by molar-refractivity contribution is 6.31. The number of carbonyl (C=O) groups excluding carboxylic acids is 1. The van der Waals surface area contributed by atoms with E-state index in [2.05, 4.69) is 10.6 Å². The van der Waals surface area contributed by atoms with Gasteiger partial charge in [-0.15, -0.1) is 0 Å². The van der Waals surface area contributed by atoms with E-state index in [-0.39, 0.29) is 17.5 Å². The smallest absolute Gasteiger partial charge is 0.250 e. The number of halogens is 1. The number of pyridine rings is 1. The van der Waals surface area contributed by atoms with Crippen LogP contribution in [0.15, 0.2) is 47.4 Å². The highest BCUT2D eigenvalue weighted by Crippen LogP contribution is 2.16. The van der Waals surface area contributed by atoms with Crippen molar-refractivity contribution >= 4 is 23.2 Å². The van der Waals surface area contributed by atoms with E-state index in [9.17, 15) is 9.59 Å². The minimum atomic E-state index is -0.386. The van der Waals surface area contributed by atoms with Crippen LogP contribution in [-0.2, 0) is 16.1 Å². The first kappa shape index (κ1) is 16.7. The molecule has 1 atom stereocenters. The van der Waals surface area contributed by atoms with E-state index in [0.29, 0.717) is 37.0 Å². The van der Waals surface area contributed by atoms with Gasteiger partial charge in [-0.05, 0) is 17.7 Å². The maximum atomic E-state index is 12.2. The second-order valence-corrected chi connectivity index (χ2v) is 5.95. The summed E-state index contributed by atoms with van der Waals surface area (Å²) in [5, 5.41) is 6.49. The predicted octanol–water partition coefficient (Wildman–Crippen LogP) is 1.48. The molecule has 1 aromatic carbocycles. The Bertz CT molecular complexity index is 785. The van der Waals surface area contributed by atoms with Crippen LogP contribution in [0.5, 0.6) is 0 Å². The van der Waals surface area contributed by atoms with E-state index in [1.165, 1.54) is 10.6 Å². The number of morpholine rings is 1. The highest BCUT2D eigenvalue weighted by atomic mass is 35.5. The molecule has 0 radical (unpaired) electrons. The largest absolute Gasteiger partial charge is 0.378 e. The first-order chi connectivity index (χ1) is 11.6. The van der Waals surface area contributed by atoms with Crippen LogP contribution in [0.2, 0.25) is 5.02 Å². The second kappa shape index (κ2) is 7.61. The number of rotatable bonds is 4. The summed E-state index contributed by atoms with van der Waals surface area (Å²) >= 11 is 6.14. The zero-order valence-electron chi connectivity index (χ0n) is 13.0. The van der Waals surface area contributed by atoms with Crippen molar-refractivity contribution in [1.29, 1.82) is 0 Å². The van der Waals surface area contributed by atoms with Crippen LogP contribution in [0.4, 0.5) is 5.69 Å². The third-order valence-electron chi connectivity index (χ3n) is 3.79. The molecule has 3 rings (SSSR count). The summed E-state index contributed by atoms with van der Waals surface area (Å²) in [4.78, 5) is 24.3. The molecule has 7 heteroatoms. The molecule has 24 heavy (non-hydrogen) atoms. The molecule has 1 aliphatic heterocycles. The average molecular weight is 348 g/mol. The topological polar surface area (TPSA) is 72.4 Å². The van der Waals surface area contributed by atoms with Crippen molar-refractivity contribution in [2.75, 3.05) is 25.1 Å². The number of benzene rings is 1. The summed E-state index contributed by atoms with van der Waals surface area (Å²) in [5.41, 5.74) is 1.23. The van der Waals surface area contributed by atoms with Crippen molar-refractivity contribution in [2.45, 2.75) is 12.6 Å². The Balaban J connectivity index is 1.75. The second-order valence-electron chi connectivity index (χ2n) is 5.55. The van der Waals surface area contributed by atoms with Gasteiger partial charge in [-0.25, -0.2) is 0 Å². The van der Waals surface area contributed by atoms with E-state index in [0.717, 1.165) is 5.56 Å². The van der Waals surface area contributed by atoms with Gasteiger partial charge in [0.25, 0.3) is 5.56 Å². The number of aromatic nitrogens is 1. The van der Waals surface area contributed by atoms with Gasteiger partial charge in [0.05, 0.1) is 25.4 Å². The lowest BCUT2D eigenvalue weighted by atomic mass is 10.2. The summed E-state index contributed by atoms with van der Waals surface area (Å²) in [6.07, 6.45) is 1.62. The Morgan fingerprint density at radius 2 is 2.17 bits per heavy atom. The van der Waals surface area contributed by atoms with Crippen LogP contribution in [0.1, 0.15) is 5.56 Å². The van der Waals surface area contributed by atoms with E-state index >= 15 is 0 Å². The van der Waals surface area contributed by atoms with Crippen molar-refractivity contribution < 1.29 is 9.53 Å². The average Bonchev–Trinajstić information content (AvgIpc) is 2.60. The monoisotopic (exact) mass is 347 g/mol. The zero-order valence-corrected chi connectivity index (χ0v) is 13.8. The third-order valence-corrected chi connectivity index (χ3v) is 4.16. The fourth-order valence-electron chi connectivity index (χ4n) is 2.50. The SMILES string of the molecule is O=C(Nc1ccc(=O)n(Cc2ccccc2Cl)c1)C1COCCN1. The number of hydrogen-bond donors (Lipinski definition) is 2. The Labute approximate surface area is 144 Å². The van der Waals surface area contributed by atoms with Crippen LogP contribution in [0.25, 0.3) is 0 Å². The van der Waals surface area contributed by atoms with Crippen LogP contribution in [0.3, 0.4) is 0 Å². The van der Waals surface area contributed by atoms with Crippen molar-refractivity contribution in [3.63, 3.8) is 0 Å². The first-order valence-electron chi connectivity index (χ1n) is 7.69. The molecule has 0 aliphatic carbocycles. The minimum absolute atomic E-state index is 0.160. The van der Waals surface area contributed by atoms with E-state index < -0.39 is 0 Å². The minimum Gasteiger partial charge on any atom is -0.378 e. The molecule has 1 unspecified atom stereocenters. The van der Waals surface area contributed by atoms with Gasteiger partial charge in [0.15, 0.2) is 0 Å². The van der Waals surface area contributed by atoms with Gasteiger partial charge in [0.1, 0.15) is 6.04 Å². The number of carbonyl (C=O) groups is 1. The molecular weight excluding hydrogens is 330 g/mol. The lowest BCUT2D eigenvalue weighted by molar-refractivity contribution is -0.120. The molecule has 0 spiro atoms. The Kier molecular flexibility index (Phi) is 5.30. The molecule has 6 nitrogen and oxygen atoms in total. The lowest BCUT2D eigenvalue weighted by Crippen LogP contribution is -2.48. The maximum Gasteiger partial charge on any atom is 0.250 e. The standard InChI is InChI=1S/C17H18ClN3O3/c18-14-4-2-1-3-12(14)9-21-10-13(5-6-16(21)22)20-17(23)15-11-24-8-7-19-15/h1-6,10,15,19H,7-9,11H2,(H,20,23). The summed E-state index contributed by atoms with van der Waals surface area (Å²) in [5.74, 6) is -0.183. The number of hydrogen-bond acceptors (Lipinski definition) is 4. The molecule has 2 aromatic rings. The predicted molar refractivity (Wildman–Crippen MR) is 92.5 cm³/mol. The van der Waals surface area contributed by atoms with Gasteiger partial charge in [-0.2, -0.15) is 0 Å². The van der Waals surface area contributed by atoms with Crippen molar-refractivity contribution in [3.05, 3.63) is 63.5 Å². The van der Waals surface area contributed by atoms with Crippen LogP contribution in [0, 0.1) is 0 Å². The van der Waals surface area contributed by atoms with Crippen LogP contribution >= 0.6 is 11.6 Å².